The van der Waals surface area contributed by atoms with Crippen molar-refractivity contribution in [3.05, 3.63) is 187 Å². The van der Waals surface area contributed by atoms with Crippen molar-refractivity contribution in [1.29, 1.82) is 5.26 Å². The van der Waals surface area contributed by atoms with Gasteiger partial charge in [-0.05, 0) is 82.9 Å². The topological polar surface area (TPSA) is 51.1 Å². The maximum atomic E-state index is 10.4. The van der Waals surface area contributed by atoms with Gasteiger partial charge in [0.2, 0.25) is 5.69 Å². The van der Waals surface area contributed by atoms with Gasteiger partial charge in [-0.2, -0.15) is 5.26 Å². The lowest BCUT2D eigenvalue weighted by atomic mass is 9.93. The molecule has 0 N–H and O–H groups in total. The fraction of sp³-hybridized carbons (Fsp3) is 0. The Morgan fingerprint density at radius 2 is 1.05 bits per heavy atom. The number of rotatable bonds is 4. The molecule has 0 saturated heterocycles. The second-order valence-corrected chi connectivity index (χ2v) is 13.9. The molecule has 3 aromatic heterocycles. The van der Waals surface area contributed by atoms with E-state index in [2.05, 4.69) is 147 Å². The zero-order valence-electron chi connectivity index (χ0n) is 29.4. The molecule has 0 atom stereocenters. The van der Waals surface area contributed by atoms with E-state index in [0.717, 1.165) is 71.8 Å². The van der Waals surface area contributed by atoms with Crippen LogP contribution in [0.2, 0.25) is 0 Å². The van der Waals surface area contributed by atoms with Crippen LogP contribution in [-0.4, -0.2) is 9.13 Å². The zero-order valence-corrected chi connectivity index (χ0v) is 29.4. The Bertz CT molecular complexity index is 3420. The number of para-hydroxylation sites is 4. The van der Waals surface area contributed by atoms with Crippen molar-refractivity contribution < 1.29 is 4.42 Å². The molecule has 0 unspecified atom stereocenters. The van der Waals surface area contributed by atoms with Gasteiger partial charge in [0.15, 0.2) is 0 Å². The number of hydrogen-bond acceptors (Lipinski definition) is 2. The quantitative estimate of drug-likeness (QED) is 0.172. The van der Waals surface area contributed by atoms with Crippen LogP contribution in [0.15, 0.2) is 174 Å². The van der Waals surface area contributed by atoms with E-state index < -0.39 is 0 Å². The summed E-state index contributed by atoms with van der Waals surface area (Å²) >= 11 is 0. The summed E-state index contributed by atoms with van der Waals surface area (Å²) in [5.74, 6) is 0. The Labute approximate surface area is 315 Å². The van der Waals surface area contributed by atoms with E-state index in [1.54, 1.807) is 6.07 Å². The average Bonchev–Trinajstić information content (AvgIpc) is 3.91. The fourth-order valence-corrected chi connectivity index (χ4v) is 8.62. The lowest BCUT2D eigenvalue weighted by molar-refractivity contribution is 0.675. The molecule has 11 rings (SSSR count). The minimum Gasteiger partial charge on any atom is -0.466 e. The average molecular weight is 701 g/mol. The maximum absolute atomic E-state index is 10.4. The minimum atomic E-state index is 0.496. The largest absolute Gasteiger partial charge is 0.466 e. The highest BCUT2D eigenvalue weighted by molar-refractivity contribution is 6.24. The monoisotopic (exact) mass is 700 g/mol. The Balaban J connectivity index is 1.11. The van der Waals surface area contributed by atoms with Crippen LogP contribution in [0, 0.1) is 17.9 Å². The molecule has 254 valence electrons. The molecule has 0 fully saturated rings. The molecular weight excluding hydrogens is 673 g/mol. The molecule has 0 saturated carbocycles. The summed E-state index contributed by atoms with van der Waals surface area (Å²) in [6, 6.07) is 61.1. The Morgan fingerprint density at radius 3 is 1.78 bits per heavy atom. The van der Waals surface area contributed by atoms with E-state index in [0.29, 0.717) is 16.8 Å². The standard InChI is InChI=1S/C50H28N4O/c1-52-43-20-11-19-40-41-24-25-47-48(50(41)55-49(40)43)42-18-6-9-23-46(42)54(47)35-27-31(30-51)26-33(29-35)37-15-3-2-14-36(37)32-12-10-13-34(28-32)53-44-21-7-4-16-38(44)39-17-5-8-22-45(39)53/h2-29H. The van der Waals surface area contributed by atoms with Gasteiger partial charge in [-0.15, -0.1) is 0 Å². The van der Waals surface area contributed by atoms with Gasteiger partial charge in [-0.1, -0.05) is 109 Å². The summed E-state index contributed by atoms with van der Waals surface area (Å²) in [6.45, 7) is 7.74. The van der Waals surface area contributed by atoms with E-state index in [1.165, 1.54) is 21.8 Å². The van der Waals surface area contributed by atoms with Crippen LogP contribution in [0.1, 0.15) is 5.56 Å². The van der Waals surface area contributed by atoms with Crippen molar-refractivity contribution in [2.75, 3.05) is 0 Å². The third kappa shape index (κ3) is 4.51. The number of nitrogens with zero attached hydrogens (tertiary/aromatic N) is 4. The lowest BCUT2D eigenvalue weighted by Crippen LogP contribution is -1.97. The predicted octanol–water partition coefficient (Wildman–Crippen LogP) is 13.5. The minimum absolute atomic E-state index is 0.496. The summed E-state index contributed by atoms with van der Waals surface area (Å²) in [5, 5.41) is 16.8. The van der Waals surface area contributed by atoms with Gasteiger partial charge in [0.1, 0.15) is 11.2 Å². The molecule has 5 heteroatoms. The molecule has 0 bridgehead atoms. The van der Waals surface area contributed by atoms with Gasteiger partial charge >= 0.3 is 0 Å². The van der Waals surface area contributed by atoms with Crippen LogP contribution in [0.25, 0.3) is 104 Å². The maximum Gasteiger partial charge on any atom is 0.229 e. The summed E-state index contributed by atoms with van der Waals surface area (Å²) in [4.78, 5) is 3.74. The normalized spacial score (nSPS) is 11.6. The number of furan rings is 1. The van der Waals surface area contributed by atoms with Crippen LogP contribution < -0.4 is 0 Å². The van der Waals surface area contributed by atoms with Gasteiger partial charge in [0.25, 0.3) is 0 Å². The first-order chi connectivity index (χ1) is 27.2. The first kappa shape index (κ1) is 30.7. The summed E-state index contributed by atoms with van der Waals surface area (Å²) in [6.07, 6.45) is 0. The van der Waals surface area contributed by atoms with Crippen LogP contribution >= 0.6 is 0 Å². The lowest BCUT2D eigenvalue weighted by Gasteiger charge is -2.15. The zero-order chi connectivity index (χ0) is 36.6. The van der Waals surface area contributed by atoms with E-state index in [4.69, 9.17) is 11.0 Å². The molecule has 3 heterocycles. The summed E-state index contributed by atoms with van der Waals surface area (Å²) in [7, 11) is 0. The highest BCUT2D eigenvalue weighted by Crippen LogP contribution is 2.44. The third-order valence-electron chi connectivity index (χ3n) is 10.9. The predicted molar refractivity (Wildman–Crippen MR) is 224 cm³/mol. The van der Waals surface area contributed by atoms with E-state index in [1.807, 2.05) is 36.4 Å². The molecule has 0 aliphatic rings. The molecule has 0 amide bonds. The third-order valence-corrected chi connectivity index (χ3v) is 10.9. The molecule has 0 aliphatic heterocycles. The number of hydrogen-bond donors (Lipinski definition) is 0. The van der Waals surface area contributed by atoms with E-state index in [-0.39, 0.29) is 0 Å². The van der Waals surface area contributed by atoms with Crippen molar-refractivity contribution in [3.63, 3.8) is 0 Å². The van der Waals surface area contributed by atoms with E-state index >= 15 is 0 Å². The van der Waals surface area contributed by atoms with Gasteiger partial charge in [0, 0.05) is 38.3 Å². The molecule has 11 aromatic rings. The van der Waals surface area contributed by atoms with Crippen LogP contribution in [0.5, 0.6) is 0 Å². The van der Waals surface area contributed by atoms with Gasteiger partial charge in [-0.25, -0.2) is 4.85 Å². The van der Waals surface area contributed by atoms with Crippen molar-refractivity contribution >= 4 is 71.2 Å². The number of nitriles is 1. The number of benzene rings is 8. The molecular formula is C50H28N4O. The van der Waals surface area contributed by atoms with Crippen molar-refractivity contribution in [1.82, 2.24) is 9.13 Å². The summed E-state index contributed by atoms with van der Waals surface area (Å²) in [5.41, 5.74) is 12.8. The van der Waals surface area contributed by atoms with E-state index in [9.17, 15) is 5.26 Å². The van der Waals surface area contributed by atoms with Crippen molar-refractivity contribution in [3.8, 4) is 39.7 Å². The molecule has 0 aliphatic carbocycles. The van der Waals surface area contributed by atoms with Gasteiger partial charge in [0.05, 0.1) is 45.7 Å². The molecule has 8 aromatic carbocycles. The number of aromatic nitrogens is 2. The van der Waals surface area contributed by atoms with Crippen LogP contribution in [0.3, 0.4) is 0 Å². The Morgan fingerprint density at radius 1 is 0.473 bits per heavy atom. The summed E-state index contributed by atoms with van der Waals surface area (Å²) < 4.78 is 11.1. The highest BCUT2D eigenvalue weighted by Gasteiger charge is 2.21. The molecule has 5 nitrogen and oxygen atoms in total. The molecule has 0 spiro atoms. The van der Waals surface area contributed by atoms with Crippen molar-refractivity contribution in [2.45, 2.75) is 0 Å². The fourth-order valence-electron chi connectivity index (χ4n) is 8.62. The first-order valence-electron chi connectivity index (χ1n) is 18.2. The highest BCUT2D eigenvalue weighted by atomic mass is 16.3. The number of fused-ring (bicyclic) bond motifs is 10. The van der Waals surface area contributed by atoms with Crippen LogP contribution in [-0.2, 0) is 0 Å². The van der Waals surface area contributed by atoms with Gasteiger partial charge < -0.3 is 13.6 Å². The van der Waals surface area contributed by atoms with Gasteiger partial charge in [-0.3, -0.25) is 0 Å². The Kier molecular flexibility index (Phi) is 6.61. The van der Waals surface area contributed by atoms with Crippen LogP contribution in [0.4, 0.5) is 5.69 Å². The second-order valence-electron chi connectivity index (χ2n) is 13.9. The smallest absolute Gasteiger partial charge is 0.229 e. The first-order valence-corrected chi connectivity index (χ1v) is 18.2. The molecule has 55 heavy (non-hydrogen) atoms. The Hall–Kier alpha value is -7.86. The SMILES string of the molecule is [C-]#[N+]c1cccc2c1oc1c2ccc2c1c1ccccc1n2-c1cc(C#N)cc(-c2ccccc2-c2cccc(-n3c4ccccc4c4ccccc43)c2)c1. The van der Waals surface area contributed by atoms with Crippen molar-refractivity contribution in [2.24, 2.45) is 0 Å². The molecule has 0 radical (unpaired) electrons. The second kappa shape index (κ2) is 11.8.